The Balaban J connectivity index is 1.62. The van der Waals surface area contributed by atoms with Gasteiger partial charge in [-0.3, -0.25) is 4.79 Å². The number of rotatable bonds is 5. The molecule has 0 bridgehead atoms. The van der Waals surface area contributed by atoms with Crippen LogP contribution in [0.4, 0.5) is 0 Å². The summed E-state index contributed by atoms with van der Waals surface area (Å²) in [5.74, 6) is 1.98. The lowest BCUT2D eigenvalue weighted by molar-refractivity contribution is -0.125. The van der Waals surface area contributed by atoms with E-state index in [1.807, 2.05) is 16.7 Å². The Morgan fingerprint density at radius 1 is 1.17 bits per heavy atom. The average Bonchev–Trinajstić information content (AvgIpc) is 3.37. The Morgan fingerprint density at radius 3 is 2.43 bits per heavy atom. The topological polar surface area (TPSA) is 66.5 Å². The van der Waals surface area contributed by atoms with Crippen molar-refractivity contribution in [1.29, 1.82) is 0 Å². The number of carbonyl (C=O) groups is 1. The first-order chi connectivity index (χ1) is 11.0. The van der Waals surface area contributed by atoms with E-state index in [1.54, 1.807) is 36.4 Å². The first-order valence-electron chi connectivity index (χ1n) is 7.72. The summed E-state index contributed by atoms with van der Waals surface area (Å²) in [4.78, 5) is 14.2. The van der Waals surface area contributed by atoms with Crippen LogP contribution in [0.5, 0.6) is 0 Å². The van der Waals surface area contributed by atoms with Gasteiger partial charge in [0.05, 0.1) is 4.90 Å². The summed E-state index contributed by atoms with van der Waals surface area (Å²) in [6.45, 7) is 1.58. The second-order valence-corrected chi connectivity index (χ2v) is 8.67. The smallest absolute Gasteiger partial charge is 0.246 e. The predicted octanol–water partition coefficient (Wildman–Crippen LogP) is 1.72. The lowest BCUT2D eigenvalue weighted by atomic mass is 10.2. The van der Waals surface area contributed by atoms with Crippen molar-refractivity contribution < 1.29 is 13.2 Å². The minimum absolute atomic E-state index is 0.0115. The SMILES string of the molecule is O=C(/C=C/c1ccc(S(=O)(=O)NC2CC2)cc1)N1CCSCC1. The van der Waals surface area contributed by atoms with Gasteiger partial charge < -0.3 is 4.90 Å². The van der Waals surface area contributed by atoms with E-state index in [4.69, 9.17) is 0 Å². The fourth-order valence-electron chi connectivity index (χ4n) is 2.30. The number of benzene rings is 1. The summed E-state index contributed by atoms with van der Waals surface area (Å²) < 4.78 is 26.8. The molecular formula is C16H20N2O3S2. The van der Waals surface area contributed by atoms with Crippen LogP contribution in [-0.2, 0) is 14.8 Å². The van der Waals surface area contributed by atoms with E-state index in [-0.39, 0.29) is 16.8 Å². The molecule has 1 aromatic carbocycles. The highest BCUT2D eigenvalue weighted by Gasteiger charge is 2.27. The Labute approximate surface area is 141 Å². The number of carbonyl (C=O) groups excluding carboxylic acids is 1. The second kappa shape index (κ2) is 7.07. The third-order valence-corrected chi connectivity index (χ3v) is 6.31. The van der Waals surface area contributed by atoms with Crippen molar-refractivity contribution >= 4 is 33.8 Å². The zero-order valence-electron chi connectivity index (χ0n) is 12.8. The van der Waals surface area contributed by atoms with Crippen LogP contribution < -0.4 is 4.72 Å². The maximum atomic E-state index is 12.1. The molecule has 0 aromatic heterocycles. The molecule has 1 saturated carbocycles. The number of amides is 1. The van der Waals surface area contributed by atoms with Crippen LogP contribution in [0.15, 0.2) is 35.2 Å². The quantitative estimate of drug-likeness (QED) is 0.820. The molecule has 2 fully saturated rings. The lowest BCUT2D eigenvalue weighted by Gasteiger charge is -2.25. The molecule has 1 amide bonds. The number of nitrogens with one attached hydrogen (secondary N) is 1. The van der Waals surface area contributed by atoms with Gasteiger partial charge in [-0.2, -0.15) is 11.8 Å². The van der Waals surface area contributed by atoms with Gasteiger partial charge in [0.1, 0.15) is 0 Å². The predicted molar refractivity (Wildman–Crippen MR) is 92.7 cm³/mol. The molecule has 1 N–H and O–H groups in total. The van der Waals surface area contributed by atoms with Crippen molar-refractivity contribution in [2.24, 2.45) is 0 Å². The maximum Gasteiger partial charge on any atom is 0.246 e. The van der Waals surface area contributed by atoms with Gasteiger partial charge in [-0.25, -0.2) is 13.1 Å². The van der Waals surface area contributed by atoms with Crippen molar-refractivity contribution in [3.05, 3.63) is 35.9 Å². The minimum Gasteiger partial charge on any atom is -0.338 e. The fourth-order valence-corrected chi connectivity index (χ4v) is 4.51. The van der Waals surface area contributed by atoms with Crippen LogP contribution in [0.25, 0.3) is 6.08 Å². The molecule has 2 aliphatic rings. The van der Waals surface area contributed by atoms with Gasteiger partial charge in [0.2, 0.25) is 15.9 Å². The van der Waals surface area contributed by atoms with E-state index in [9.17, 15) is 13.2 Å². The Kier molecular flexibility index (Phi) is 5.08. The first-order valence-corrected chi connectivity index (χ1v) is 10.4. The van der Waals surface area contributed by atoms with Gasteiger partial charge in [0, 0.05) is 36.7 Å². The highest BCUT2D eigenvalue weighted by molar-refractivity contribution is 7.99. The molecule has 7 heteroatoms. The third-order valence-electron chi connectivity index (χ3n) is 3.83. The van der Waals surface area contributed by atoms with E-state index < -0.39 is 10.0 Å². The minimum atomic E-state index is -3.41. The van der Waals surface area contributed by atoms with E-state index in [1.165, 1.54) is 0 Å². The van der Waals surface area contributed by atoms with Crippen LogP contribution in [0, 0.1) is 0 Å². The molecular weight excluding hydrogens is 332 g/mol. The molecule has 23 heavy (non-hydrogen) atoms. The van der Waals surface area contributed by atoms with E-state index in [0.29, 0.717) is 0 Å². The molecule has 1 aliphatic carbocycles. The molecule has 124 valence electrons. The van der Waals surface area contributed by atoms with E-state index in [2.05, 4.69) is 4.72 Å². The monoisotopic (exact) mass is 352 g/mol. The fraction of sp³-hybridized carbons (Fsp3) is 0.438. The molecule has 1 aromatic rings. The van der Waals surface area contributed by atoms with Gasteiger partial charge in [0.25, 0.3) is 0 Å². The normalized spacial score (nSPS) is 19.2. The van der Waals surface area contributed by atoms with Crippen molar-refractivity contribution in [2.45, 2.75) is 23.8 Å². The van der Waals surface area contributed by atoms with E-state index in [0.717, 1.165) is 43.0 Å². The summed E-state index contributed by atoms with van der Waals surface area (Å²) in [5, 5.41) is 0. The molecule has 0 unspecified atom stereocenters. The maximum absolute atomic E-state index is 12.1. The highest BCUT2D eigenvalue weighted by atomic mass is 32.2. The number of thioether (sulfide) groups is 1. The van der Waals surface area contributed by atoms with Gasteiger partial charge >= 0.3 is 0 Å². The van der Waals surface area contributed by atoms with Crippen molar-refractivity contribution in [2.75, 3.05) is 24.6 Å². The Morgan fingerprint density at radius 2 is 1.83 bits per heavy atom. The zero-order valence-corrected chi connectivity index (χ0v) is 14.4. The zero-order chi connectivity index (χ0) is 16.3. The highest BCUT2D eigenvalue weighted by Crippen LogP contribution is 2.22. The van der Waals surface area contributed by atoms with Crippen molar-refractivity contribution in [1.82, 2.24) is 9.62 Å². The molecule has 5 nitrogen and oxygen atoms in total. The van der Waals surface area contributed by atoms with Crippen molar-refractivity contribution in [3.63, 3.8) is 0 Å². The van der Waals surface area contributed by atoms with Crippen molar-refractivity contribution in [3.8, 4) is 0 Å². The number of nitrogens with zero attached hydrogens (tertiary/aromatic N) is 1. The molecule has 0 atom stereocenters. The molecule has 0 spiro atoms. The lowest BCUT2D eigenvalue weighted by Crippen LogP contribution is -2.36. The summed E-state index contributed by atoms with van der Waals surface area (Å²) in [5.41, 5.74) is 0.815. The molecule has 1 aliphatic heterocycles. The molecule has 0 radical (unpaired) electrons. The molecule has 1 saturated heterocycles. The number of hydrogen-bond donors (Lipinski definition) is 1. The second-order valence-electron chi connectivity index (χ2n) is 5.74. The number of sulfonamides is 1. The Bertz CT molecular complexity index is 689. The first kappa shape index (κ1) is 16.5. The summed E-state index contributed by atoms with van der Waals surface area (Å²) in [6, 6.07) is 6.69. The molecule has 1 heterocycles. The molecule has 3 rings (SSSR count). The summed E-state index contributed by atoms with van der Waals surface area (Å²) in [6.07, 6.45) is 5.12. The largest absolute Gasteiger partial charge is 0.338 e. The van der Waals surface area contributed by atoms with Gasteiger partial charge in [-0.15, -0.1) is 0 Å². The van der Waals surface area contributed by atoms with E-state index >= 15 is 0 Å². The third kappa shape index (κ3) is 4.59. The van der Waals surface area contributed by atoms with Crippen LogP contribution in [0.1, 0.15) is 18.4 Å². The van der Waals surface area contributed by atoms with Gasteiger partial charge in [-0.05, 0) is 36.6 Å². The number of hydrogen-bond acceptors (Lipinski definition) is 4. The standard InChI is InChI=1S/C16H20N2O3S2/c19-16(18-9-11-22-12-10-18)8-3-13-1-6-15(7-2-13)23(20,21)17-14-4-5-14/h1-3,6-8,14,17H,4-5,9-12H2/b8-3+. The van der Waals surface area contributed by atoms with Crippen LogP contribution >= 0.6 is 11.8 Å². The Hall–Kier alpha value is -1.31. The summed E-state index contributed by atoms with van der Waals surface area (Å²) >= 11 is 1.86. The van der Waals surface area contributed by atoms with Crippen LogP contribution in [0.3, 0.4) is 0 Å². The van der Waals surface area contributed by atoms with Crippen LogP contribution in [0.2, 0.25) is 0 Å². The van der Waals surface area contributed by atoms with Crippen LogP contribution in [-0.4, -0.2) is 49.9 Å². The summed E-state index contributed by atoms with van der Waals surface area (Å²) in [7, 11) is -3.41. The van der Waals surface area contributed by atoms with Gasteiger partial charge in [-0.1, -0.05) is 12.1 Å². The van der Waals surface area contributed by atoms with Gasteiger partial charge in [0.15, 0.2) is 0 Å². The average molecular weight is 352 g/mol.